The van der Waals surface area contributed by atoms with Gasteiger partial charge in [-0.15, -0.1) is 11.8 Å². The number of fused-ring (bicyclic) bond motifs is 1. The van der Waals surface area contributed by atoms with Gasteiger partial charge in [0.25, 0.3) is 0 Å². The van der Waals surface area contributed by atoms with Gasteiger partial charge in [-0.3, -0.25) is 9.79 Å². The van der Waals surface area contributed by atoms with Gasteiger partial charge in [-0.1, -0.05) is 65.9 Å². The molecule has 1 aromatic carbocycles. The van der Waals surface area contributed by atoms with Crippen LogP contribution in [0, 0.1) is 22.5 Å². The van der Waals surface area contributed by atoms with Gasteiger partial charge < -0.3 is 19.4 Å². The molecule has 0 fully saturated rings. The van der Waals surface area contributed by atoms with Crippen LogP contribution in [0.3, 0.4) is 0 Å². The molecule has 248 valence electrons. The molecule has 0 saturated heterocycles. The van der Waals surface area contributed by atoms with E-state index in [9.17, 15) is 4.79 Å². The number of amides is 1. The second kappa shape index (κ2) is 15.4. The minimum absolute atomic E-state index is 0.00658. The second-order valence-corrected chi connectivity index (χ2v) is 21.5. The Morgan fingerprint density at radius 2 is 1.82 bits per heavy atom. The first-order valence-electron chi connectivity index (χ1n) is 15.1. The van der Waals surface area contributed by atoms with Crippen LogP contribution in [0.15, 0.2) is 35.6 Å². The summed E-state index contributed by atoms with van der Waals surface area (Å²) >= 11 is 7.95. The molecule has 0 aliphatic heterocycles. The predicted molar refractivity (Wildman–Crippen MR) is 186 cm³/mol. The summed E-state index contributed by atoms with van der Waals surface area (Å²) in [6, 6.07) is 5.08. The van der Waals surface area contributed by atoms with Crippen LogP contribution < -0.4 is 10.1 Å². The lowest BCUT2D eigenvalue weighted by Gasteiger charge is -2.25. The largest absolute Gasteiger partial charge is 0.450 e. The van der Waals surface area contributed by atoms with E-state index >= 15 is 8.78 Å². The molecule has 0 bridgehead atoms. The Labute approximate surface area is 276 Å². The molecular weight excluding hydrogens is 634 g/mol. The van der Waals surface area contributed by atoms with E-state index in [4.69, 9.17) is 26.1 Å². The maximum atomic E-state index is 15.3. The highest BCUT2D eigenvalue weighted by Gasteiger charge is 2.23. The van der Waals surface area contributed by atoms with E-state index in [2.05, 4.69) is 29.9 Å². The van der Waals surface area contributed by atoms with Gasteiger partial charge in [-0.05, 0) is 41.5 Å². The minimum atomic E-state index is -1.23. The summed E-state index contributed by atoms with van der Waals surface area (Å²) < 4.78 is 44.0. The number of nitrogens with zero attached hydrogens (tertiary/aromatic N) is 3. The molecule has 0 saturated carbocycles. The monoisotopic (exact) mass is 680 g/mol. The fourth-order valence-electron chi connectivity index (χ4n) is 4.39. The third kappa shape index (κ3) is 11.7. The van der Waals surface area contributed by atoms with Crippen molar-refractivity contribution in [3.8, 4) is 11.5 Å². The van der Waals surface area contributed by atoms with Gasteiger partial charge in [0.1, 0.15) is 18.1 Å². The molecule has 1 N–H and O–H groups in total. The number of hydrogen-bond donors (Lipinski definition) is 1. The van der Waals surface area contributed by atoms with Crippen LogP contribution in [0.1, 0.15) is 46.6 Å². The molecule has 2 aromatic heterocycles. The van der Waals surface area contributed by atoms with Crippen LogP contribution in [0.5, 0.6) is 11.5 Å². The third-order valence-electron chi connectivity index (χ3n) is 6.90. The number of aromatic nitrogens is 2. The summed E-state index contributed by atoms with van der Waals surface area (Å²) in [7, 11) is -1.23. The molecule has 45 heavy (non-hydrogen) atoms. The highest BCUT2D eigenvalue weighted by molar-refractivity contribution is 8.13. The van der Waals surface area contributed by atoms with Crippen LogP contribution in [0.25, 0.3) is 11.0 Å². The fourth-order valence-corrected chi connectivity index (χ4v) is 5.95. The van der Waals surface area contributed by atoms with Crippen molar-refractivity contribution in [2.24, 2.45) is 15.8 Å². The summed E-state index contributed by atoms with van der Waals surface area (Å²) in [6.45, 7) is 18.8. The molecule has 0 aliphatic carbocycles. The molecule has 12 heteroatoms. The zero-order valence-corrected chi connectivity index (χ0v) is 30.5. The van der Waals surface area contributed by atoms with Crippen molar-refractivity contribution in [1.29, 1.82) is 0 Å². The Morgan fingerprint density at radius 1 is 1.16 bits per heavy atom. The normalized spacial score (nSPS) is 13.0. The number of aliphatic imine (C=N–C) groups is 1. The molecule has 0 unspecified atom stereocenters. The number of thioether (sulfide) groups is 1. The van der Waals surface area contributed by atoms with Gasteiger partial charge in [0.05, 0.1) is 15.5 Å². The number of hydrogen-bond acceptors (Lipinski definition) is 6. The van der Waals surface area contributed by atoms with Gasteiger partial charge in [0.2, 0.25) is 5.91 Å². The molecule has 0 spiro atoms. The zero-order valence-electron chi connectivity index (χ0n) is 27.9. The van der Waals surface area contributed by atoms with E-state index in [0.717, 1.165) is 11.1 Å². The highest BCUT2D eigenvalue weighted by atomic mass is 35.5. The van der Waals surface area contributed by atoms with Gasteiger partial charge in [0, 0.05) is 58.4 Å². The predicted octanol–water partition coefficient (Wildman–Crippen LogP) is 8.96. The molecule has 0 atom stereocenters. The fraction of sp³-hybridized carbons (Fsp3) is 0.545. The number of ether oxygens (including phenoxy) is 2. The lowest BCUT2D eigenvalue weighted by Crippen LogP contribution is -2.37. The van der Waals surface area contributed by atoms with Crippen molar-refractivity contribution in [2.75, 3.05) is 26.0 Å². The topological polar surface area (TPSA) is 77.7 Å². The number of nitrogens with one attached hydrogen (secondary N) is 1. The van der Waals surface area contributed by atoms with Gasteiger partial charge in [0.15, 0.2) is 17.4 Å². The second-order valence-electron chi connectivity index (χ2n) is 14.6. The Balaban J connectivity index is 1.71. The van der Waals surface area contributed by atoms with Crippen molar-refractivity contribution >= 4 is 53.4 Å². The maximum Gasteiger partial charge on any atom is 0.220 e. The number of halogens is 3. The first kappa shape index (κ1) is 37.0. The van der Waals surface area contributed by atoms with E-state index in [0.29, 0.717) is 47.7 Å². The number of benzene rings is 1. The summed E-state index contributed by atoms with van der Waals surface area (Å²) in [5, 5.41) is 4.52. The first-order chi connectivity index (χ1) is 20.9. The lowest BCUT2D eigenvalue weighted by molar-refractivity contribution is -0.123. The average Bonchev–Trinajstić information content (AvgIpc) is 3.24. The summed E-state index contributed by atoms with van der Waals surface area (Å²) in [4.78, 5) is 21.4. The van der Waals surface area contributed by atoms with Crippen molar-refractivity contribution < 1.29 is 23.0 Å². The highest BCUT2D eigenvalue weighted by Crippen LogP contribution is 2.37. The van der Waals surface area contributed by atoms with Crippen molar-refractivity contribution in [1.82, 2.24) is 14.9 Å². The first-order valence-corrected chi connectivity index (χ1v) is 20.4. The summed E-state index contributed by atoms with van der Waals surface area (Å²) in [5.74, 6) is -1.98. The number of carbonyl (C=O) groups excluding carboxylic acids is 1. The Kier molecular flexibility index (Phi) is 12.7. The molecule has 0 aliphatic rings. The standard InChI is InChI=1S/C33H47ClF2N4O3SSi/c1-32(2,3)17-27(41)38-19-33(4,5)20-39-28(44-6)16-22-14-24(35)30(25(36)15-22)43-26-10-11-37-31-29(26)23(34)18-40(31)21-42-12-13-45(7,8)9/h10-11,14-15,18H,12-13,16-17,19-21H2,1-9H3,(H,38,41). The van der Waals surface area contributed by atoms with Crippen molar-refractivity contribution in [2.45, 2.75) is 79.9 Å². The Hall–Kier alpha value is -2.47. The van der Waals surface area contributed by atoms with Gasteiger partial charge >= 0.3 is 0 Å². The number of carbonyl (C=O) groups is 1. The van der Waals surface area contributed by atoms with Crippen LogP contribution >= 0.6 is 23.4 Å². The third-order valence-corrected chi connectivity index (χ3v) is 9.63. The maximum absolute atomic E-state index is 15.3. The van der Waals surface area contributed by atoms with Gasteiger partial charge in [-0.2, -0.15) is 0 Å². The van der Waals surface area contributed by atoms with Crippen LogP contribution in [-0.4, -0.2) is 54.5 Å². The Morgan fingerprint density at radius 3 is 2.42 bits per heavy atom. The molecule has 0 radical (unpaired) electrons. The van der Waals surface area contributed by atoms with E-state index < -0.39 is 25.5 Å². The molecule has 7 nitrogen and oxygen atoms in total. The van der Waals surface area contributed by atoms with Crippen molar-refractivity contribution in [3.63, 3.8) is 0 Å². The SMILES string of the molecule is CSC(Cc1cc(F)c(Oc2ccnc3c2c(Cl)cn3COCC[Si](C)(C)C)c(F)c1)=NCC(C)(C)CNC(=O)CC(C)(C)C. The molecule has 3 rings (SSSR count). The quantitative estimate of drug-likeness (QED) is 0.0796. The number of pyridine rings is 1. The zero-order chi connectivity index (χ0) is 33.6. The minimum Gasteiger partial charge on any atom is -0.450 e. The number of rotatable bonds is 14. The van der Waals surface area contributed by atoms with E-state index in [1.165, 1.54) is 36.2 Å². The Bertz CT molecular complexity index is 1490. The van der Waals surface area contributed by atoms with E-state index in [-0.39, 0.29) is 35.6 Å². The van der Waals surface area contributed by atoms with Crippen LogP contribution in [0.4, 0.5) is 8.78 Å². The van der Waals surface area contributed by atoms with E-state index in [1.54, 1.807) is 10.8 Å². The van der Waals surface area contributed by atoms with Gasteiger partial charge in [-0.25, -0.2) is 13.8 Å². The lowest BCUT2D eigenvalue weighted by atomic mass is 9.90. The van der Waals surface area contributed by atoms with Crippen LogP contribution in [0.2, 0.25) is 30.7 Å². The summed E-state index contributed by atoms with van der Waals surface area (Å²) in [6.07, 6.45) is 5.77. The molecule has 1 amide bonds. The molecular formula is C33H47ClF2N4O3SSi. The van der Waals surface area contributed by atoms with E-state index in [1.807, 2.05) is 40.9 Å². The molecule has 3 aromatic rings. The molecule has 2 heterocycles. The van der Waals surface area contributed by atoms with Crippen LogP contribution in [-0.2, 0) is 22.7 Å². The average molecular weight is 681 g/mol. The smallest absolute Gasteiger partial charge is 0.220 e. The van der Waals surface area contributed by atoms with Crippen molar-refractivity contribution in [3.05, 3.63) is 52.8 Å². The summed E-state index contributed by atoms with van der Waals surface area (Å²) in [5.41, 5.74) is 0.551.